The van der Waals surface area contributed by atoms with E-state index in [-0.39, 0.29) is 30.7 Å². The van der Waals surface area contributed by atoms with Gasteiger partial charge in [0.2, 0.25) is 5.91 Å². The number of imide groups is 1. The lowest BCUT2D eigenvalue weighted by molar-refractivity contribution is -0.116. The van der Waals surface area contributed by atoms with Crippen molar-refractivity contribution in [1.29, 1.82) is 0 Å². The van der Waals surface area contributed by atoms with Crippen molar-refractivity contribution in [2.75, 3.05) is 26.1 Å². The molecule has 0 aliphatic carbocycles. The molecule has 0 atom stereocenters. The number of fused-ring (bicyclic) bond motifs is 1. The molecule has 0 unspecified atom stereocenters. The van der Waals surface area contributed by atoms with Gasteiger partial charge in [0.1, 0.15) is 5.82 Å². The first-order valence-corrected chi connectivity index (χ1v) is 10.5. The van der Waals surface area contributed by atoms with Gasteiger partial charge in [0.25, 0.3) is 11.8 Å². The Morgan fingerprint density at radius 3 is 2.36 bits per heavy atom. The predicted molar refractivity (Wildman–Crippen MR) is 121 cm³/mol. The summed E-state index contributed by atoms with van der Waals surface area (Å²) < 4.78 is 12.5. The van der Waals surface area contributed by atoms with Gasteiger partial charge in [-0.2, -0.15) is 5.10 Å². The van der Waals surface area contributed by atoms with Gasteiger partial charge >= 0.3 is 0 Å². The van der Waals surface area contributed by atoms with Crippen LogP contribution in [0.5, 0.6) is 11.5 Å². The summed E-state index contributed by atoms with van der Waals surface area (Å²) in [6, 6.07) is 14.0. The van der Waals surface area contributed by atoms with Crippen molar-refractivity contribution in [2.45, 2.75) is 19.4 Å². The summed E-state index contributed by atoms with van der Waals surface area (Å²) in [5.41, 5.74) is 1.66. The molecule has 170 valence electrons. The van der Waals surface area contributed by atoms with Crippen molar-refractivity contribution in [3.63, 3.8) is 0 Å². The molecule has 2 aromatic carbocycles. The highest BCUT2D eigenvalue weighted by molar-refractivity contribution is 6.21. The Morgan fingerprint density at radius 1 is 0.970 bits per heavy atom. The molecule has 0 saturated heterocycles. The lowest BCUT2D eigenvalue weighted by Gasteiger charge is -2.15. The van der Waals surface area contributed by atoms with Crippen LogP contribution in [0, 0.1) is 0 Å². The number of ether oxygens (including phenoxy) is 2. The number of hydrogen-bond acceptors (Lipinski definition) is 6. The number of hydrogen-bond donors (Lipinski definition) is 1. The van der Waals surface area contributed by atoms with E-state index < -0.39 is 0 Å². The summed E-state index contributed by atoms with van der Waals surface area (Å²) >= 11 is 0. The summed E-state index contributed by atoms with van der Waals surface area (Å²) in [7, 11) is 3.14. The molecule has 1 aromatic heterocycles. The van der Waals surface area contributed by atoms with Crippen LogP contribution in [0.1, 0.15) is 39.1 Å². The molecule has 0 saturated carbocycles. The summed E-state index contributed by atoms with van der Waals surface area (Å²) in [6.45, 7) is 0.554. The van der Waals surface area contributed by atoms with Gasteiger partial charge in [-0.3, -0.25) is 19.3 Å². The maximum atomic E-state index is 12.5. The molecule has 4 rings (SSSR count). The van der Waals surface area contributed by atoms with Gasteiger partial charge in [-0.15, -0.1) is 0 Å². The Kier molecular flexibility index (Phi) is 6.39. The van der Waals surface area contributed by atoms with Crippen molar-refractivity contribution in [3.8, 4) is 11.5 Å². The maximum Gasteiger partial charge on any atom is 0.261 e. The van der Waals surface area contributed by atoms with Crippen LogP contribution in [0.4, 0.5) is 5.82 Å². The Labute approximate surface area is 190 Å². The van der Waals surface area contributed by atoms with Gasteiger partial charge in [-0.05, 0) is 24.6 Å². The first-order valence-electron chi connectivity index (χ1n) is 10.5. The van der Waals surface area contributed by atoms with Crippen LogP contribution in [0.3, 0.4) is 0 Å². The van der Waals surface area contributed by atoms with E-state index >= 15 is 0 Å². The van der Waals surface area contributed by atoms with Crippen LogP contribution < -0.4 is 14.8 Å². The van der Waals surface area contributed by atoms with Crippen LogP contribution in [0.25, 0.3) is 0 Å². The molecule has 0 spiro atoms. The Balaban J connectivity index is 1.34. The first kappa shape index (κ1) is 22.1. The van der Waals surface area contributed by atoms with Crippen molar-refractivity contribution in [1.82, 2.24) is 14.7 Å². The smallest absolute Gasteiger partial charge is 0.261 e. The standard InChI is InChI=1S/C24H24N4O5/c1-32-19-10-5-7-16(22(19)33-2)15-28-20(12-13-25-28)26-21(29)11-6-14-27-23(30)17-8-3-4-9-18(17)24(27)31/h3-5,7-10,12-13H,6,11,14-15H2,1-2H3,(H,26,29). The number of carbonyl (C=O) groups excluding carboxylic acids is 3. The number of rotatable bonds is 9. The molecule has 1 N–H and O–H groups in total. The predicted octanol–water partition coefficient (Wildman–Crippen LogP) is 2.96. The second-order valence-electron chi connectivity index (χ2n) is 7.49. The number of para-hydroxylation sites is 1. The largest absolute Gasteiger partial charge is 0.493 e. The molecule has 9 heteroatoms. The maximum absolute atomic E-state index is 12.5. The zero-order chi connectivity index (χ0) is 23.4. The summed E-state index contributed by atoms with van der Waals surface area (Å²) in [5.74, 6) is 0.883. The molecule has 0 radical (unpaired) electrons. The van der Waals surface area contributed by atoms with Gasteiger partial charge in [-0.25, -0.2) is 4.68 Å². The molecule has 1 aliphatic heterocycles. The van der Waals surface area contributed by atoms with Crippen molar-refractivity contribution in [3.05, 3.63) is 71.4 Å². The Morgan fingerprint density at radius 2 is 1.70 bits per heavy atom. The number of benzene rings is 2. The zero-order valence-corrected chi connectivity index (χ0v) is 18.4. The van der Waals surface area contributed by atoms with Gasteiger partial charge < -0.3 is 14.8 Å². The van der Waals surface area contributed by atoms with Gasteiger partial charge in [0.15, 0.2) is 11.5 Å². The van der Waals surface area contributed by atoms with E-state index in [1.807, 2.05) is 18.2 Å². The van der Waals surface area contributed by atoms with E-state index in [1.54, 1.807) is 55.4 Å². The Bertz CT molecular complexity index is 1170. The summed E-state index contributed by atoms with van der Waals surface area (Å²) in [6.07, 6.45) is 2.11. The quantitative estimate of drug-likeness (QED) is 0.505. The van der Waals surface area contributed by atoms with Crippen molar-refractivity contribution < 1.29 is 23.9 Å². The average Bonchev–Trinajstić information content (AvgIpc) is 3.36. The second kappa shape index (κ2) is 9.56. The van der Waals surface area contributed by atoms with E-state index in [0.29, 0.717) is 41.4 Å². The minimum absolute atomic E-state index is 0.154. The molecule has 33 heavy (non-hydrogen) atoms. The van der Waals surface area contributed by atoms with Gasteiger partial charge in [0, 0.05) is 24.6 Å². The fourth-order valence-corrected chi connectivity index (χ4v) is 3.85. The number of nitrogens with one attached hydrogen (secondary N) is 1. The highest BCUT2D eigenvalue weighted by Crippen LogP contribution is 2.31. The SMILES string of the molecule is COc1cccc(Cn2nccc2NC(=O)CCCN2C(=O)c3ccccc3C2=O)c1OC. The van der Waals surface area contributed by atoms with E-state index in [1.165, 1.54) is 4.90 Å². The van der Waals surface area contributed by atoms with E-state index in [9.17, 15) is 14.4 Å². The van der Waals surface area contributed by atoms with Crippen LogP contribution >= 0.6 is 0 Å². The molecule has 0 bridgehead atoms. The van der Waals surface area contributed by atoms with Crippen molar-refractivity contribution in [2.24, 2.45) is 0 Å². The van der Waals surface area contributed by atoms with E-state index in [4.69, 9.17) is 9.47 Å². The topological polar surface area (TPSA) is 103 Å². The third-order valence-electron chi connectivity index (χ3n) is 5.45. The molecule has 2 heterocycles. The van der Waals surface area contributed by atoms with Crippen LogP contribution in [-0.2, 0) is 11.3 Å². The second-order valence-corrected chi connectivity index (χ2v) is 7.49. The van der Waals surface area contributed by atoms with Gasteiger partial charge in [0.05, 0.1) is 38.1 Å². The van der Waals surface area contributed by atoms with Crippen LogP contribution in [0.15, 0.2) is 54.7 Å². The number of amides is 3. The van der Waals surface area contributed by atoms with Gasteiger partial charge in [-0.1, -0.05) is 24.3 Å². The minimum atomic E-state index is -0.318. The fourth-order valence-electron chi connectivity index (χ4n) is 3.85. The first-order chi connectivity index (χ1) is 16.0. The number of methoxy groups -OCH3 is 2. The molecular formula is C24H24N4O5. The van der Waals surface area contributed by atoms with Crippen molar-refractivity contribution >= 4 is 23.5 Å². The number of anilines is 1. The summed E-state index contributed by atoms with van der Waals surface area (Å²) in [5, 5.41) is 7.13. The lowest BCUT2D eigenvalue weighted by Crippen LogP contribution is -2.31. The number of aromatic nitrogens is 2. The highest BCUT2D eigenvalue weighted by atomic mass is 16.5. The zero-order valence-electron chi connectivity index (χ0n) is 18.4. The molecule has 3 amide bonds. The third-order valence-corrected chi connectivity index (χ3v) is 5.45. The number of nitrogens with zero attached hydrogens (tertiary/aromatic N) is 3. The van der Waals surface area contributed by atoms with Crippen LogP contribution in [0.2, 0.25) is 0 Å². The van der Waals surface area contributed by atoms with E-state index in [0.717, 1.165) is 5.56 Å². The summed E-state index contributed by atoms with van der Waals surface area (Å²) in [4.78, 5) is 38.6. The fraction of sp³-hybridized carbons (Fsp3) is 0.250. The number of carbonyl (C=O) groups is 3. The minimum Gasteiger partial charge on any atom is -0.493 e. The molecular weight excluding hydrogens is 424 g/mol. The molecule has 3 aromatic rings. The molecule has 1 aliphatic rings. The lowest BCUT2D eigenvalue weighted by atomic mass is 10.1. The molecule has 0 fully saturated rings. The monoisotopic (exact) mass is 448 g/mol. The van der Waals surface area contributed by atoms with E-state index in [2.05, 4.69) is 10.4 Å². The highest BCUT2D eigenvalue weighted by Gasteiger charge is 2.34. The molecule has 9 nitrogen and oxygen atoms in total. The third kappa shape index (κ3) is 4.43. The average molecular weight is 448 g/mol. The van der Waals surface area contributed by atoms with Crippen LogP contribution in [-0.4, -0.2) is 53.2 Å². The normalized spacial score (nSPS) is 12.6. The Hall–Kier alpha value is -4.14.